The van der Waals surface area contributed by atoms with Crippen LogP contribution < -0.4 is 5.32 Å². The van der Waals surface area contributed by atoms with E-state index in [0.29, 0.717) is 17.7 Å². The predicted octanol–water partition coefficient (Wildman–Crippen LogP) is 0.706. The van der Waals surface area contributed by atoms with Gasteiger partial charge in [0.05, 0.1) is 5.69 Å². The standard InChI is InChI=1S/C8H10N2O3/c11-4-2-6-5-9-3-1-7(6)10-8(12)13/h1,3,5,11H,2,4H2,(H,9,10)(H,12,13). The van der Waals surface area contributed by atoms with Gasteiger partial charge in [-0.15, -0.1) is 0 Å². The summed E-state index contributed by atoms with van der Waals surface area (Å²) in [5.41, 5.74) is 1.16. The first-order valence-corrected chi connectivity index (χ1v) is 3.77. The number of amides is 1. The first-order valence-electron chi connectivity index (χ1n) is 3.77. The topological polar surface area (TPSA) is 82.5 Å². The summed E-state index contributed by atoms with van der Waals surface area (Å²) in [5.74, 6) is 0. The van der Waals surface area contributed by atoms with E-state index in [0.717, 1.165) is 0 Å². The average Bonchev–Trinajstić information content (AvgIpc) is 2.08. The number of hydrogen-bond acceptors (Lipinski definition) is 3. The van der Waals surface area contributed by atoms with E-state index in [1.165, 1.54) is 12.4 Å². The van der Waals surface area contributed by atoms with Gasteiger partial charge in [0.25, 0.3) is 0 Å². The molecule has 0 radical (unpaired) electrons. The molecule has 0 bridgehead atoms. The molecule has 1 aromatic rings. The molecule has 5 nitrogen and oxygen atoms in total. The van der Waals surface area contributed by atoms with Crippen LogP contribution in [-0.4, -0.2) is 27.9 Å². The van der Waals surface area contributed by atoms with E-state index in [4.69, 9.17) is 10.2 Å². The third-order valence-electron chi connectivity index (χ3n) is 1.53. The Morgan fingerprint density at radius 3 is 3.00 bits per heavy atom. The lowest BCUT2D eigenvalue weighted by atomic mass is 10.2. The van der Waals surface area contributed by atoms with Gasteiger partial charge in [-0.1, -0.05) is 0 Å². The van der Waals surface area contributed by atoms with Crippen LogP contribution in [0.25, 0.3) is 0 Å². The van der Waals surface area contributed by atoms with Crippen molar-refractivity contribution in [2.75, 3.05) is 11.9 Å². The van der Waals surface area contributed by atoms with Crippen LogP contribution in [0.2, 0.25) is 0 Å². The zero-order chi connectivity index (χ0) is 9.68. The summed E-state index contributed by atoms with van der Waals surface area (Å²) in [4.78, 5) is 14.2. The fourth-order valence-electron chi connectivity index (χ4n) is 0.984. The number of rotatable bonds is 3. The van der Waals surface area contributed by atoms with E-state index in [9.17, 15) is 4.79 Å². The van der Waals surface area contributed by atoms with Crippen molar-refractivity contribution in [2.24, 2.45) is 0 Å². The summed E-state index contributed by atoms with van der Waals surface area (Å²) in [7, 11) is 0. The zero-order valence-electron chi connectivity index (χ0n) is 6.90. The van der Waals surface area contributed by atoms with Crippen LogP contribution in [0.4, 0.5) is 10.5 Å². The normalized spacial score (nSPS) is 9.62. The third kappa shape index (κ3) is 2.72. The Balaban J connectivity index is 2.84. The van der Waals surface area contributed by atoms with Crippen LogP contribution in [0, 0.1) is 0 Å². The van der Waals surface area contributed by atoms with Gasteiger partial charge in [-0.3, -0.25) is 10.3 Å². The van der Waals surface area contributed by atoms with Gasteiger partial charge in [0.2, 0.25) is 0 Å². The summed E-state index contributed by atoms with van der Waals surface area (Å²) in [5, 5.41) is 19.4. The van der Waals surface area contributed by atoms with Crippen molar-refractivity contribution < 1.29 is 15.0 Å². The Bertz CT molecular complexity index is 301. The minimum absolute atomic E-state index is 0.0278. The highest BCUT2D eigenvalue weighted by Crippen LogP contribution is 2.13. The molecule has 0 aliphatic heterocycles. The quantitative estimate of drug-likeness (QED) is 0.642. The summed E-state index contributed by atoms with van der Waals surface area (Å²) < 4.78 is 0. The molecule has 0 spiro atoms. The van der Waals surface area contributed by atoms with E-state index in [-0.39, 0.29) is 6.61 Å². The number of pyridine rings is 1. The Labute approximate surface area is 75.0 Å². The fourth-order valence-corrected chi connectivity index (χ4v) is 0.984. The lowest BCUT2D eigenvalue weighted by Crippen LogP contribution is -2.10. The van der Waals surface area contributed by atoms with Gasteiger partial charge in [0.1, 0.15) is 0 Å². The Hall–Kier alpha value is -1.62. The van der Waals surface area contributed by atoms with Gasteiger partial charge in [0.15, 0.2) is 0 Å². The molecule has 0 fully saturated rings. The zero-order valence-corrected chi connectivity index (χ0v) is 6.90. The molecule has 0 aliphatic carbocycles. The average molecular weight is 182 g/mol. The molecule has 0 aromatic carbocycles. The minimum atomic E-state index is -1.12. The van der Waals surface area contributed by atoms with E-state index < -0.39 is 6.09 Å². The lowest BCUT2D eigenvalue weighted by molar-refractivity contribution is 0.209. The number of aromatic nitrogens is 1. The largest absolute Gasteiger partial charge is 0.465 e. The highest BCUT2D eigenvalue weighted by atomic mass is 16.4. The molecule has 13 heavy (non-hydrogen) atoms. The highest BCUT2D eigenvalue weighted by Gasteiger charge is 2.03. The fraction of sp³-hybridized carbons (Fsp3) is 0.250. The second-order valence-corrected chi connectivity index (χ2v) is 2.44. The van der Waals surface area contributed by atoms with E-state index in [2.05, 4.69) is 10.3 Å². The minimum Gasteiger partial charge on any atom is -0.465 e. The number of carboxylic acid groups (broad SMARTS) is 1. The molecule has 70 valence electrons. The second-order valence-electron chi connectivity index (χ2n) is 2.44. The third-order valence-corrected chi connectivity index (χ3v) is 1.53. The first-order chi connectivity index (χ1) is 6.24. The van der Waals surface area contributed by atoms with Crippen LogP contribution in [0.5, 0.6) is 0 Å². The van der Waals surface area contributed by atoms with E-state index in [1.807, 2.05) is 0 Å². The van der Waals surface area contributed by atoms with Crippen molar-refractivity contribution in [3.8, 4) is 0 Å². The van der Waals surface area contributed by atoms with Crippen LogP contribution in [0.15, 0.2) is 18.5 Å². The monoisotopic (exact) mass is 182 g/mol. The van der Waals surface area contributed by atoms with Gasteiger partial charge in [-0.25, -0.2) is 4.79 Å². The van der Waals surface area contributed by atoms with Gasteiger partial charge >= 0.3 is 6.09 Å². The summed E-state index contributed by atoms with van der Waals surface area (Å²) >= 11 is 0. The Morgan fingerprint density at radius 2 is 2.38 bits per heavy atom. The first kappa shape index (κ1) is 9.47. The molecular weight excluding hydrogens is 172 g/mol. The number of anilines is 1. The number of nitrogens with one attached hydrogen (secondary N) is 1. The summed E-state index contributed by atoms with van der Waals surface area (Å²) in [6.45, 7) is -0.0278. The molecular formula is C8H10N2O3. The Morgan fingerprint density at radius 1 is 1.62 bits per heavy atom. The van der Waals surface area contributed by atoms with E-state index in [1.54, 1.807) is 6.07 Å². The molecule has 0 aliphatic rings. The van der Waals surface area contributed by atoms with Gasteiger partial charge in [-0.2, -0.15) is 0 Å². The van der Waals surface area contributed by atoms with Gasteiger partial charge in [0, 0.05) is 19.0 Å². The number of carbonyl (C=O) groups is 1. The maximum absolute atomic E-state index is 10.3. The SMILES string of the molecule is O=C(O)Nc1ccncc1CCO. The molecule has 0 unspecified atom stereocenters. The van der Waals surface area contributed by atoms with Gasteiger partial charge < -0.3 is 10.2 Å². The maximum atomic E-state index is 10.3. The molecule has 0 atom stereocenters. The van der Waals surface area contributed by atoms with Crippen molar-refractivity contribution in [1.82, 2.24) is 4.98 Å². The van der Waals surface area contributed by atoms with Crippen LogP contribution in [0.3, 0.4) is 0 Å². The highest BCUT2D eigenvalue weighted by molar-refractivity contribution is 5.83. The molecule has 1 amide bonds. The molecule has 1 aromatic heterocycles. The molecule has 0 saturated carbocycles. The van der Waals surface area contributed by atoms with Crippen molar-refractivity contribution in [1.29, 1.82) is 0 Å². The van der Waals surface area contributed by atoms with Crippen molar-refractivity contribution in [3.63, 3.8) is 0 Å². The van der Waals surface area contributed by atoms with Crippen LogP contribution in [-0.2, 0) is 6.42 Å². The summed E-state index contributed by atoms with van der Waals surface area (Å²) in [6, 6.07) is 1.55. The smallest absolute Gasteiger partial charge is 0.409 e. The number of hydrogen-bond donors (Lipinski definition) is 3. The van der Waals surface area contributed by atoms with Crippen LogP contribution >= 0.6 is 0 Å². The number of aliphatic hydroxyl groups is 1. The van der Waals surface area contributed by atoms with Crippen molar-refractivity contribution >= 4 is 11.8 Å². The summed E-state index contributed by atoms with van der Waals surface area (Å²) in [6.07, 6.45) is 2.29. The van der Waals surface area contributed by atoms with E-state index >= 15 is 0 Å². The number of aliphatic hydroxyl groups excluding tert-OH is 1. The molecule has 5 heteroatoms. The number of nitrogens with zero attached hydrogens (tertiary/aromatic N) is 1. The van der Waals surface area contributed by atoms with Gasteiger partial charge in [-0.05, 0) is 18.1 Å². The second kappa shape index (κ2) is 4.42. The molecule has 1 rings (SSSR count). The maximum Gasteiger partial charge on any atom is 0.409 e. The van der Waals surface area contributed by atoms with Crippen molar-refractivity contribution in [2.45, 2.75) is 6.42 Å². The molecule has 1 heterocycles. The molecule has 0 saturated heterocycles. The van der Waals surface area contributed by atoms with Crippen molar-refractivity contribution in [3.05, 3.63) is 24.0 Å². The van der Waals surface area contributed by atoms with Crippen LogP contribution in [0.1, 0.15) is 5.56 Å². The predicted molar refractivity (Wildman–Crippen MR) is 46.7 cm³/mol. The lowest BCUT2D eigenvalue weighted by Gasteiger charge is -2.05. The molecule has 3 N–H and O–H groups in total. The Kier molecular flexibility index (Phi) is 3.22.